The van der Waals surface area contributed by atoms with Crippen LogP contribution in [-0.4, -0.2) is 36.2 Å². The lowest BCUT2D eigenvalue weighted by atomic mass is 10.1. The van der Waals surface area contributed by atoms with Gasteiger partial charge in [0.15, 0.2) is 5.79 Å². The summed E-state index contributed by atoms with van der Waals surface area (Å²) in [6.07, 6.45) is 1.23. The number of hydrogen-bond acceptors (Lipinski definition) is 6. The molecular weight excluding hydrogens is 392 g/mol. The van der Waals surface area contributed by atoms with E-state index in [4.69, 9.17) is 14.2 Å². The molecule has 0 aliphatic carbocycles. The molecule has 2 aromatic rings. The van der Waals surface area contributed by atoms with Gasteiger partial charge in [0, 0.05) is 15.9 Å². The van der Waals surface area contributed by atoms with Crippen LogP contribution in [0.3, 0.4) is 0 Å². The van der Waals surface area contributed by atoms with Crippen LogP contribution in [-0.2, 0) is 19.0 Å². The summed E-state index contributed by atoms with van der Waals surface area (Å²) in [5.41, 5.74) is 0.847. The van der Waals surface area contributed by atoms with Crippen molar-refractivity contribution in [2.45, 2.75) is 40.1 Å². The SMILES string of the molecule is COC(=O)/C=C(/C1COC(C)(C)O1)C(Sc1ccccc1)Sc1ccccc1. The van der Waals surface area contributed by atoms with E-state index in [-0.39, 0.29) is 10.7 Å². The van der Waals surface area contributed by atoms with Crippen molar-refractivity contribution in [3.8, 4) is 0 Å². The normalized spacial score (nSPS) is 19.0. The first-order valence-corrected chi connectivity index (χ1v) is 10.8. The van der Waals surface area contributed by atoms with Gasteiger partial charge in [-0.1, -0.05) is 36.4 Å². The Morgan fingerprint density at radius 3 is 2.04 bits per heavy atom. The second-order valence-corrected chi connectivity index (χ2v) is 9.33. The van der Waals surface area contributed by atoms with Crippen molar-refractivity contribution in [1.29, 1.82) is 0 Å². The highest BCUT2D eigenvalue weighted by Gasteiger charge is 2.38. The molecule has 0 bridgehead atoms. The zero-order valence-electron chi connectivity index (χ0n) is 16.2. The third-order valence-corrected chi connectivity index (χ3v) is 6.75. The Balaban J connectivity index is 1.94. The Labute approximate surface area is 174 Å². The molecule has 0 saturated carbocycles. The molecular formula is C22H24O4S2. The molecule has 1 aliphatic rings. The second-order valence-electron chi connectivity index (χ2n) is 6.68. The largest absolute Gasteiger partial charge is 0.466 e. The van der Waals surface area contributed by atoms with E-state index >= 15 is 0 Å². The maximum atomic E-state index is 12.1. The lowest BCUT2D eigenvalue weighted by Crippen LogP contribution is -2.25. The van der Waals surface area contributed by atoms with Crippen LogP contribution in [0.15, 0.2) is 82.1 Å². The summed E-state index contributed by atoms with van der Waals surface area (Å²) < 4.78 is 16.7. The van der Waals surface area contributed by atoms with Crippen molar-refractivity contribution in [3.63, 3.8) is 0 Å². The molecule has 0 spiro atoms. The van der Waals surface area contributed by atoms with Crippen molar-refractivity contribution < 1.29 is 19.0 Å². The molecule has 1 heterocycles. The number of methoxy groups -OCH3 is 1. The van der Waals surface area contributed by atoms with Crippen LogP contribution < -0.4 is 0 Å². The molecule has 4 nitrogen and oxygen atoms in total. The van der Waals surface area contributed by atoms with E-state index < -0.39 is 11.8 Å². The summed E-state index contributed by atoms with van der Waals surface area (Å²) >= 11 is 3.36. The lowest BCUT2D eigenvalue weighted by molar-refractivity contribution is -0.137. The predicted molar refractivity (Wildman–Crippen MR) is 113 cm³/mol. The van der Waals surface area contributed by atoms with Gasteiger partial charge in [0.05, 0.1) is 18.3 Å². The monoisotopic (exact) mass is 416 g/mol. The zero-order chi connectivity index (χ0) is 20.0. The number of esters is 1. The topological polar surface area (TPSA) is 44.8 Å². The van der Waals surface area contributed by atoms with E-state index in [2.05, 4.69) is 24.3 Å². The van der Waals surface area contributed by atoms with Gasteiger partial charge in [-0.3, -0.25) is 0 Å². The molecule has 1 atom stereocenters. The Morgan fingerprint density at radius 2 is 1.61 bits per heavy atom. The predicted octanol–water partition coefficient (Wildman–Crippen LogP) is 5.15. The van der Waals surface area contributed by atoms with Crippen LogP contribution in [0, 0.1) is 0 Å². The van der Waals surface area contributed by atoms with Gasteiger partial charge in [-0.15, -0.1) is 23.5 Å². The molecule has 1 saturated heterocycles. The highest BCUT2D eigenvalue weighted by atomic mass is 32.2. The minimum absolute atomic E-state index is 0.0774. The maximum Gasteiger partial charge on any atom is 0.330 e. The van der Waals surface area contributed by atoms with Gasteiger partial charge < -0.3 is 14.2 Å². The first-order chi connectivity index (χ1) is 13.5. The third-order valence-electron chi connectivity index (χ3n) is 4.11. The van der Waals surface area contributed by atoms with Crippen LogP contribution >= 0.6 is 23.5 Å². The van der Waals surface area contributed by atoms with Crippen LogP contribution in [0.1, 0.15) is 13.8 Å². The van der Waals surface area contributed by atoms with Crippen LogP contribution in [0.25, 0.3) is 0 Å². The maximum absolute atomic E-state index is 12.1. The Hall–Kier alpha value is -1.73. The quantitative estimate of drug-likeness (QED) is 0.269. The van der Waals surface area contributed by atoms with E-state index in [9.17, 15) is 4.79 Å². The lowest BCUT2D eigenvalue weighted by Gasteiger charge is -2.25. The molecule has 28 heavy (non-hydrogen) atoms. The van der Waals surface area contributed by atoms with E-state index in [0.29, 0.717) is 6.61 Å². The molecule has 0 N–H and O–H groups in total. The van der Waals surface area contributed by atoms with Crippen LogP contribution in [0.5, 0.6) is 0 Å². The smallest absolute Gasteiger partial charge is 0.330 e. The van der Waals surface area contributed by atoms with Crippen LogP contribution in [0.2, 0.25) is 0 Å². The van der Waals surface area contributed by atoms with E-state index in [0.717, 1.165) is 15.4 Å². The molecule has 0 aromatic heterocycles. The average Bonchev–Trinajstić information content (AvgIpc) is 3.06. The highest BCUT2D eigenvalue weighted by molar-refractivity contribution is 8.17. The summed E-state index contributed by atoms with van der Waals surface area (Å²) in [7, 11) is 1.38. The number of rotatable bonds is 7. The molecule has 2 aromatic carbocycles. The molecule has 6 heteroatoms. The van der Waals surface area contributed by atoms with Crippen molar-refractivity contribution in [2.75, 3.05) is 13.7 Å². The highest BCUT2D eigenvalue weighted by Crippen LogP contribution is 2.43. The standard InChI is InChI=1S/C22H24O4S2/c1-22(2)25-15-19(26-22)18(14-20(23)24-3)21(27-16-10-6-4-7-11-16)28-17-12-8-5-9-13-17/h4-14,19,21H,15H2,1-3H3/b18-14-. The number of thioether (sulfide) groups is 2. The molecule has 0 amide bonds. The molecule has 148 valence electrons. The zero-order valence-corrected chi connectivity index (χ0v) is 17.8. The van der Waals surface area contributed by atoms with Gasteiger partial charge in [0.2, 0.25) is 0 Å². The fourth-order valence-corrected chi connectivity index (χ4v) is 5.46. The number of hydrogen-bond donors (Lipinski definition) is 0. The Morgan fingerprint density at radius 1 is 1.07 bits per heavy atom. The molecule has 1 aliphatic heterocycles. The minimum Gasteiger partial charge on any atom is -0.466 e. The molecule has 1 fully saturated rings. The van der Waals surface area contributed by atoms with Gasteiger partial charge in [0.1, 0.15) is 6.10 Å². The van der Waals surface area contributed by atoms with Crippen molar-refractivity contribution >= 4 is 29.5 Å². The van der Waals surface area contributed by atoms with E-state index in [1.54, 1.807) is 29.6 Å². The number of benzene rings is 2. The summed E-state index contributed by atoms with van der Waals surface area (Å²) in [6.45, 7) is 4.16. The van der Waals surface area contributed by atoms with E-state index in [1.165, 1.54) is 7.11 Å². The summed E-state index contributed by atoms with van der Waals surface area (Å²) in [5.74, 6) is -1.07. The van der Waals surface area contributed by atoms with Crippen molar-refractivity contribution in [3.05, 3.63) is 72.3 Å². The molecule has 3 rings (SSSR count). The fourth-order valence-electron chi connectivity index (χ4n) is 2.76. The number of carbonyl (C=O) groups is 1. The van der Waals surface area contributed by atoms with Crippen LogP contribution in [0.4, 0.5) is 0 Å². The summed E-state index contributed by atoms with van der Waals surface area (Å²) in [4.78, 5) is 14.4. The van der Waals surface area contributed by atoms with Crippen molar-refractivity contribution in [1.82, 2.24) is 0 Å². The van der Waals surface area contributed by atoms with Gasteiger partial charge in [-0.2, -0.15) is 0 Å². The van der Waals surface area contributed by atoms with Crippen molar-refractivity contribution in [2.24, 2.45) is 0 Å². The van der Waals surface area contributed by atoms with E-state index in [1.807, 2.05) is 50.2 Å². The fraction of sp³-hybridized carbons (Fsp3) is 0.318. The third kappa shape index (κ3) is 5.88. The molecule has 1 unspecified atom stereocenters. The number of carbonyl (C=O) groups excluding carboxylic acids is 1. The minimum atomic E-state index is -0.681. The van der Waals surface area contributed by atoms with Gasteiger partial charge in [-0.25, -0.2) is 4.79 Å². The first kappa shape index (κ1) is 21.0. The number of ether oxygens (including phenoxy) is 3. The van der Waals surface area contributed by atoms with Gasteiger partial charge in [-0.05, 0) is 43.7 Å². The van der Waals surface area contributed by atoms with Gasteiger partial charge >= 0.3 is 5.97 Å². The average molecular weight is 417 g/mol. The molecule has 0 radical (unpaired) electrons. The Bertz CT molecular complexity index is 764. The summed E-state index contributed by atoms with van der Waals surface area (Å²) in [5, 5.41) is 0. The second kappa shape index (κ2) is 9.65. The van der Waals surface area contributed by atoms with Gasteiger partial charge in [0.25, 0.3) is 0 Å². The summed E-state index contributed by atoms with van der Waals surface area (Å²) in [6, 6.07) is 20.3. The first-order valence-electron chi connectivity index (χ1n) is 9.01. The Kier molecular flexibility index (Phi) is 7.24.